The number of amides is 1. The summed E-state index contributed by atoms with van der Waals surface area (Å²) in [5.74, 6) is 0.226. The van der Waals surface area contributed by atoms with Crippen molar-refractivity contribution in [2.75, 3.05) is 19.6 Å². The van der Waals surface area contributed by atoms with Crippen LogP contribution in [0.3, 0.4) is 0 Å². The number of likely N-dealkylation sites (tertiary alicyclic amines) is 2. The van der Waals surface area contributed by atoms with Crippen LogP contribution in [0.5, 0.6) is 0 Å². The van der Waals surface area contributed by atoms with Gasteiger partial charge in [0.25, 0.3) is 0 Å². The summed E-state index contributed by atoms with van der Waals surface area (Å²) in [4.78, 5) is 21.7. The minimum Gasteiger partial charge on any atom is -0.385 e. The number of aromatic nitrogens is 1. The third kappa shape index (κ3) is 4.10. The topological polar surface area (TPSA) is 56.7 Å². The second-order valence-electron chi connectivity index (χ2n) is 8.07. The Hall–Kier alpha value is -2.24. The fraction of sp³-hybridized carbons (Fsp3) is 0.478. The first kappa shape index (κ1) is 19.1. The lowest BCUT2D eigenvalue weighted by molar-refractivity contribution is -0.143. The van der Waals surface area contributed by atoms with Gasteiger partial charge in [-0.25, -0.2) is 0 Å². The van der Waals surface area contributed by atoms with E-state index >= 15 is 0 Å². The summed E-state index contributed by atoms with van der Waals surface area (Å²) in [6.45, 7) is 2.99. The van der Waals surface area contributed by atoms with Gasteiger partial charge in [0, 0.05) is 37.6 Å². The predicted molar refractivity (Wildman–Crippen MR) is 108 cm³/mol. The highest BCUT2D eigenvalue weighted by Gasteiger charge is 2.38. The largest absolute Gasteiger partial charge is 0.385 e. The summed E-state index contributed by atoms with van der Waals surface area (Å²) in [7, 11) is 0. The lowest BCUT2D eigenvalue weighted by Gasteiger charge is -2.42. The second-order valence-corrected chi connectivity index (χ2v) is 8.07. The zero-order valence-corrected chi connectivity index (χ0v) is 16.3. The van der Waals surface area contributed by atoms with Gasteiger partial charge in [-0.2, -0.15) is 0 Å². The zero-order chi connectivity index (χ0) is 19.4. The molecule has 1 atom stereocenters. The van der Waals surface area contributed by atoms with E-state index in [-0.39, 0.29) is 11.9 Å². The molecule has 2 aliphatic heterocycles. The molecule has 0 saturated carbocycles. The molecule has 148 valence electrons. The summed E-state index contributed by atoms with van der Waals surface area (Å²) in [5, 5.41) is 11.0. The van der Waals surface area contributed by atoms with Crippen LogP contribution in [0.25, 0.3) is 0 Å². The van der Waals surface area contributed by atoms with Crippen LogP contribution in [0.2, 0.25) is 0 Å². The highest BCUT2D eigenvalue weighted by atomic mass is 16.3. The standard InChI is InChI=1S/C23H29N3O2/c27-22(21-10-4-5-14-26(21)18-19-7-2-1-3-8-19)25-15-11-23(28,12-16-25)20-9-6-13-24-17-20/h1-3,6-9,13,17,21,28H,4-5,10-12,14-16,18H2. The van der Waals surface area contributed by atoms with Gasteiger partial charge in [0.2, 0.25) is 5.91 Å². The Bertz CT molecular complexity index is 773. The molecule has 1 unspecified atom stereocenters. The number of hydrogen-bond donors (Lipinski definition) is 1. The third-order valence-corrected chi connectivity index (χ3v) is 6.23. The summed E-state index contributed by atoms with van der Waals surface area (Å²) >= 11 is 0. The maximum Gasteiger partial charge on any atom is 0.239 e. The molecule has 0 aliphatic carbocycles. The third-order valence-electron chi connectivity index (χ3n) is 6.23. The quantitative estimate of drug-likeness (QED) is 0.887. The first-order valence-electron chi connectivity index (χ1n) is 10.4. The molecule has 2 aliphatic rings. The molecule has 5 heteroatoms. The molecule has 4 rings (SSSR count). The Balaban J connectivity index is 1.41. The number of nitrogens with zero attached hydrogens (tertiary/aromatic N) is 3. The molecule has 0 spiro atoms. The van der Waals surface area contributed by atoms with Crippen molar-refractivity contribution in [1.82, 2.24) is 14.8 Å². The van der Waals surface area contributed by atoms with Gasteiger partial charge in [-0.15, -0.1) is 0 Å². The van der Waals surface area contributed by atoms with Crippen LogP contribution in [0.1, 0.15) is 43.2 Å². The smallest absolute Gasteiger partial charge is 0.239 e. The van der Waals surface area contributed by atoms with Crippen molar-refractivity contribution in [3.05, 3.63) is 66.0 Å². The summed E-state index contributed by atoms with van der Waals surface area (Å²) in [5.41, 5.74) is 1.23. The van der Waals surface area contributed by atoms with Crippen molar-refractivity contribution in [3.8, 4) is 0 Å². The highest BCUT2D eigenvalue weighted by molar-refractivity contribution is 5.82. The van der Waals surface area contributed by atoms with Crippen LogP contribution in [0, 0.1) is 0 Å². The number of carbonyl (C=O) groups excluding carboxylic acids is 1. The second kappa shape index (κ2) is 8.41. The van der Waals surface area contributed by atoms with E-state index in [4.69, 9.17) is 0 Å². The number of rotatable bonds is 4. The molecule has 2 saturated heterocycles. The van der Waals surface area contributed by atoms with Crippen molar-refractivity contribution < 1.29 is 9.90 Å². The Morgan fingerprint density at radius 1 is 1.07 bits per heavy atom. The zero-order valence-electron chi connectivity index (χ0n) is 16.3. The van der Waals surface area contributed by atoms with E-state index in [1.54, 1.807) is 12.4 Å². The average molecular weight is 380 g/mol. The van der Waals surface area contributed by atoms with Gasteiger partial charge in [0.05, 0.1) is 11.6 Å². The van der Waals surface area contributed by atoms with E-state index in [1.165, 1.54) is 5.56 Å². The molecule has 5 nitrogen and oxygen atoms in total. The van der Waals surface area contributed by atoms with Crippen molar-refractivity contribution in [2.24, 2.45) is 0 Å². The van der Waals surface area contributed by atoms with E-state index in [9.17, 15) is 9.90 Å². The van der Waals surface area contributed by atoms with Crippen LogP contribution in [0.4, 0.5) is 0 Å². The van der Waals surface area contributed by atoms with Gasteiger partial charge in [-0.3, -0.25) is 14.7 Å². The molecule has 3 heterocycles. The van der Waals surface area contributed by atoms with Gasteiger partial charge in [0.15, 0.2) is 0 Å². The van der Waals surface area contributed by atoms with Crippen LogP contribution in [-0.2, 0) is 16.9 Å². The number of aliphatic hydroxyl groups is 1. The summed E-state index contributed by atoms with van der Waals surface area (Å²) in [6.07, 6.45) is 7.77. The molecule has 2 fully saturated rings. The van der Waals surface area contributed by atoms with Gasteiger partial charge in [0.1, 0.15) is 0 Å². The van der Waals surface area contributed by atoms with Crippen molar-refractivity contribution >= 4 is 5.91 Å². The number of carbonyl (C=O) groups is 1. The van der Waals surface area contributed by atoms with Crippen LogP contribution in [0.15, 0.2) is 54.9 Å². The fourth-order valence-electron chi connectivity index (χ4n) is 4.51. The minimum atomic E-state index is -0.874. The lowest BCUT2D eigenvalue weighted by atomic mass is 9.85. The molecular formula is C23H29N3O2. The van der Waals surface area contributed by atoms with Crippen LogP contribution in [-0.4, -0.2) is 51.5 Å². The van der Waals surface area contributed by atoms with Crippen LogP contribution < -0.4 is 0 Å². The maximum atomic E-state index is 13.3. The molecule has 1 aromatic carbocycles. The Morgan fingerprint density at radius 2 is 1.86 bits per heavy atom. The lowest BCUT2D eigenvalue weighted by Crippen LogP contribution is -2.54. The minimum absolute atomic E-state index is 0.0430. The van der Waals surface area contributed by atoms with Crippen molar-refractivity contribution in [2.45, 2.75) is 50.3 Å². The van der Waals surface area contributed by atoms with Gasteiger partial charge < -0.3 is 10.0 Å². The molecule has 2 aromatic rings. The molecule has 1 N–H and O–H groups in total. The average Bonchev–Trinajstić information content (AvgIpc) is 2.76. The van der Waals surface area contributed by atoms with E-state index < -0.39 is 5.60 Å². The maximum absolute atomic E-state index is 13.3. The van der Waals surface area contributed by atoms with Gasteiger partial charge >= 0.3 is 0 Å². The fourth-order valence-corrected chi connectivity index (χ4v) is 4.51. The van der Waals surface area contributed by atoms with Gasteiger partial charge in [-0.1, -0.05) is 42.8 Å². The molecule has 28 heavy (non-hydrogen) atoms. The van der Waals surface area contributed by atoms with Crippen molar-refractivity contribution in [3.63, 3.8) is 0 Å². The number of pyridine rings is 1. The molecule has 1 amide bonds. The Labute approximate surface area is 167 Å². The number of hydrogen-bond acceptors (Lipinski definition) is 4. The van der Waals surface area contributed by atoms with E-state index in [2.05, 4.69) is 34.1 Å². The normalized spacial score (nSPS) is 22.8. The first-order chi connectivity index (χ1) is 13.7. The van der Waals surface area contributed by atoms with Gasteiger partial charge in [-0.05, 0) is 43.9 Å². The molecular weight excluding hydrogens is 350 g/mol. The van der Waals surface area contributed by atoms with Crippen LogP contribution >= 0.6 is 0 Å². The van der Waals surface area contributed by atoms with E-state index in [0.717, 1.165) is 37.9 Å². The Morgan fingerprint density at radius 3 is 2.57 bits per heavy atom. The molecule has 0 radical (unpaired) electrons. The predicted octanol–water partition coefficient (Wildman–Crippen LogP) is 2.95. The molecule has 0 bridgehead atoms. The monoisotopic (exact) mass is 379 g/mol. The SMILES string of the molecule is O=C(C1CCCCN1Cc1ccccc1)N1CCC(O)(c2cccnc2)CC1. The van der Waals surface area contributed by atoms with E-state index in [0.29, 0.717) is 25.9 Å². The first-order valence-corrected chi connectivity index (χ1v) is 10.4. The summed E-state index contributed by atoms with van der Waals surface area (Å²) in [6, 6.07) is 14.1. The Kier molecular flexibility index (Phi) is 5.74. The summed E-state index contributed by atoms with van der Waals surface area (Å²) < 4.78 is 0. The molecule has 1 aromatic heterocycles. The number of benzene rings is 1. The van der Waals surface area contributed by atoms with Crippen molar-refractivity contribution in [1.29, 1.82) is 0 Å². The number of piperidine rings is 2. The highest BCUT2D eigenvalue weighted by Crippen LogP contribution is 2.33. The van der Waals surface area contributed by atoms with E-state index in [1.807, 2.05) is 23.1 Å².